The zero-order valence-electron chi connectivity index (χ0n) is 10.2. The van der Waals surface area contributed by atoms with Gasteiger partial charge in [-0.15, -0.1) is 0 Å². The third kappa shape index (κ3) is 2.20. The van der Waals surface area contributed by atoms with Gasteiger partial charge in [0.15, 0.2) is 0 Å². The zero-order valence-corrected chi connectivity index (χ0v) is 10.2. The normalized spacial score (nSPS) is 12.1. The van der Waals surface area contributed by atoms with E-state index in [2.05, 4.69) is 4.98 Å². The number of alkyl halides is 3. The topological polar surface area (TPSA) is 34.9 Å². The molecule has 2 aromatic rings. The van der Waals surface area contributed by atoms with Gasteiger partial charge in [0.2, 0.25) is 5.69 Å². The highest BCUT2D eigenvalue weighted by Gasteiger charge is 2.37. The second-order valence-electron chi connectivity index (χ2n) is 4.10. The maximum absolute atomic E-state index is 13.4. The van der Waals surface area contributed by atoms with E-state index in [9.17, 15) is 22.4 Å². The first-order chi connectivity index (χ1) is 8.75. The molecule has 0 saturated heterocycles. The van der Waals surface area contributed by atoms with Crippen molar-refractivity contribution < 1.29 is 17.6 Å². The molecule has 0 spiro atoms. The van der Waals surface area contributed by atoms with Crippen LogP contribution in [0.1, 0.15) is 18.2 Å². The molecule has 102 valence electrons. The number of nitrogens with zero attached hydrogens (tertiary/aromatic N) is 2. The van der Waals surface area contributed by atoms with Gasteiger partial charge in [-0.2, -0.15) is 13.2 Å². The summed E-state index contributed by atoms with van der Waals surface area (Å²) in [4.78, 5) is 15.0. The Labute approximate surface area is 105 Å². The Bertz CT molecular complexity index is 703. The van der Waals surface area contributed by atoms with Crippen LogP contribution in [-0.2, 0) is 12.7 Å². The number of benzene rings is 1. The van der Waals surface area contributed by atoms with E-state index in [1.807, 2.05) is 0 Å². The van der Waals surface area contributed by atoms with Gasteiger partial charge in [0.1, 0.15) is 5.82 Å². The molecule has 1 aromatic heterocycles. The van der Waals surface area contributed by atoms with Crippen molar-refractivity contribution in [3.05, 3.63) is 39.6 Å². The van der Waals surface area contributed by atoms with Crippen LogP contribution in [0.15, 0.2) is 16.9 Å². The first kappa shape index (κ1) is 13.5. The van der Waals surface area contributed by atoms with Gasteiger partial charge in [-0.3, -0.25) is 4.79 Å². The van der Waals surface area contributed by atoms with Crippen LogP contribution in [-0.4, -0.2) is 9.55 Å². The van der Waals surface area contributed by atoms with E-state index in [4.69, 9.17) is 0 Å². The highest BCUT2D eigenvalue weighted by molar-refractivity contribution is 5.76. The zero-order chi connectivity index (χ0) is 14.4. The Morgan fingerprint density at radius 3 is 2.47 bits per heavy atom. The Morgan fingerprint density at radius 2 is 1.95 bits per heavy atom. The first-order valence-electron chi connectivity index (χ1n) is 5.53. The quantitative estimate of drug-likeness (QED) is 0.749. The van der Waals surface area contributed by atoms with Crippen molar-refractivity contribution >= 4 is 11.0 Å². The highest BCUT2D eigenvalue weighted by Crippen LogP contribution is 2.27. The molecule has 1 heterocycles. The van der Waals surface area contributed by atoms with Gasteiger partial charge in [0.25, 0.3) is 5.56 Å². The second-order valence-corrected chi connectivity index (χ2v) is 4.10. The van der Waals surface area contributed by atoms with Crippen molar-refractivity contribution in [2.75, 3.05) is 0 Å². The fourth-order valence-electron chi connectivity index (χ4n) is 1.87. The van der Waals surface area contributed by atoms with Gasteiger partial charge in [-0.1, -0.05) is 0 Å². The summed E-state index contributed by atoms with van der Waals surface area (Å²) in [7, 11) is 0. The van der Waals surface area contributed by atoms with Crippen LogP contribution in [0.2, 0.25) is 0 Å². The maximum Gasteiger partial charge on any atom is 0.438 e. The number of fused-ring (bicyclic) bond motifs is 1. The Morgan fingerprint density at radius 1 is 1.32 bits per heavy atom. The summed E-state index contributed by atoms with van der Waals surface area (Å²) in [6, 6.07) is 2.23. The molecule has 2 rings (SSSR count). The molecule has 1 aromatic carbocycles. The molecule has 0 fully saturated rings. The van der Waals surface area contributed by atoms with Gasteiger partial charge < -0.3 is 4.57 Å². The molecule has 0 radical (unpaired) electrons. The molecule has 0 bridgehead atoms. The molecule has 19 heavy (non-hydrogen) atoms. The van der Waals surface area contributed by atoms with Crippen LogP contribution in [0.5, 0.6) is 0 Å². The lowest BCUT2D eigenvalue weighted by molar-refractivity contribution is -0.142. The monoisotopic (exact) mass is 274 g/mol. The van der Waals surface area contributed by atoms with Gasteiger partial charge in [-0.25, -0.2) is 9.37 Å². The summed E-state index contributed by atoms with van der Waals surface area (Å²) in [5.41, 5.74) is -2.48. The fraction of sp³-hybridized carbons (Fsp3) is 0.333. The second kappa shape index (κ2) is 4.32. The average Bonchev–Trinajstić information content (AvgIpc) is 2.29. The van der Waals surface area contributed by atoms with Gasteiger partial charge in [0, 0.05) is 12.6 Å². The average molecular weight is 274 g/mol. The number of hydrogen-bond donors (Lipinski definition) is 0. The van der Waals surface area contributed by atoms with Crippen LogP contribution in [0.4, 0.5) is 17.6 Å². The Balaban J connectivity index is 2.95. The third-order valence-electron chi connectivity index (χ3n) is 2.81. The molecule has 0 N–H and O–H groups in total. The summed E-state index contributed by atoms with van der Waals surface area (Å²) in [6.07, 6.45) is -4.86. The third-order valence-corrected chi connectivity index (χ3v) is 2.81. The molecule has 0 aliphatic rings. The number of aromatic nitrogens is 2. The van der Waals surface area contributed by atoms with Crippen LogP contribution in [0.3, 0.4) is 0 Å². The lowest BCUT2D eigenvalue weighted by Gasteiger charge is -2.12. The number of rotatable bonds is 1. The predicted octanol–water partition coefficient (Wildman–Crippen LogP) is 2.88. The van der Waals surface area contributed by atoms with Crippen molar-refractivity contribution in [2.45, 2.75) is 26.6 Å². The molecule has 0 unspecified atom stereocenters. The summed E-state index contributed by atoms with van der Waals surface area (Å²) in [6.45, 7) is 3.06. The van der Waals surface area contributed by atoms with Gasteiger partial charge in [-0.05, 0) is 25.5 Å². The first-order valence-corrected chi connectivity index (χ1v) is 5.53. The highest BCUT2D eigenvalue weighted by atomic mass is 19.4. The smallest absolute Gasteiger partial charge is 0.305 e. The Kier molecular flexibility index (Phi) is 3.07. The summed E-state index contributed by atoms with van der Waals surface area (Å²) >= 11 is 0. The maximum atomic E-state index is 13.4. The molecular formula is C12H10F4N2O. The molecule has 0 aliphatic carbocycles. The molecule has 0 atom stereocenters. The lowest BCUT2D eigenvalue weighted by Crippen LogP contribution is -2.30. The van der Waals surface area contributed by atoms with E-state index in [0.717, 1.165) is 10.6 Å². The van der Waals surface area contributed by atoms with Gasteiger partial charge in [0.05, 0.1) is 11.0 Å². The lowest BCUT2D eigenvalue weighted by atomic mass is 10.2. The largest absolute Gasteiger partial charge is 0.438 e. The van der Waals surface area contributed by atoms with E-state index < -0.39 is 23.2 Å². The summed E-state index contributed by atoms with van der Waals surface area (Å²) < 4.78 is 52.5. The molecule has 0 amide bonds. The van der Waals surface area contributed by atoms with Crippen LogP contribution < -0.4 is 5.56 Å². The summed E-state index contributed by atoms with van der Waals surface area (Å²) in [5.74, 6) is -0.658. The minimum absolute atomic E-state index is 0.0476. The molecule has 3 nitrogen and oxygen atoms in total. The minimum Gasteiger partial charge on any atom is -0.305 e. The number of halogens is 4. The van der Waals surface area contributed by atoms with Crippen molar-refractivity contribution in [1.29, 1.82) is 0 Å². The van der Waals surface area contributed by atoms with Crippen molar-refractivity contribution in [3.8, 4) is 0 Å². The van der Waals surface area contributed by atoms with Crippen molar-refractivity contribution in [2.24, 2.45) is 0 Å². The van der Waals surface area contributed by atoms with Crippen molar-refractivity contribution in [1.82, 2.24) is 9.55 Å². The predicted molar refractivity (Wildman–Crippen MR) is 61.4 cm³/mol. The minimum atomic E-state index is -4.86. The van der Waals surface area contributed by atoms with E-state index >= 15 is 0 Å². The van der Waals surface area contributed by atoms with Gasteiger partial charge >= 0.3 is 6.18 Å². The van der Waals surface area contributed by atoms with E-state index in [1.54, 1.807) is 6.92 Å². The summed E-state index contributed by atoms with van der Waals surface area (Å²) in [5, 5.41) is 0. The molecular weight excluding hydrogens is 264 g/mol. The molecule has 7 heteroatoms. The Hall–Kier alpha value is -1.92. The standard InChI is InChI=1S/C12H10F4N2O/c1-3-18-9-4-6(2)7(13)5-8(9)17-10(11(18)19)12(14,15)16/h4-5H,3H2,1-2H3. The van der Waals surface area contributed by atoms with Crippen LogP contribution in [0, 0.1) is 12.7 Å². The van der Waals surface area contributed by atoms with Crippen LogP contribution >= 0.6 is 0 Å². The van der Waals surface area contributed by atoms with E-state index in [0.29, 0.717) is 0 Å². The van der Waals surface area contributed by atoms with Crippen LogP contribution in [0.25, 0.3) is 11.0 Å². The van der Waals surface area contributed by atoms with E-state index in [1.165, 1.54) is 13.0 Å². The van der Waals surface area contributed by atoms with E-state index in [-0.39, 0.29) is 23.1 Å². The number of aryl methyl sites for hydroxylation is 2. The molecule has 0 aliphatic heterocycles. The number of hydrogen-bond acceptors (Lipinski definition) is 2. The van der Waals surface area contributed by atoms with Crippen molar-refractivity contribution in [3.63, 3.8) is 0 Å². The SMILES string of the molecule is CCn1c(=O)c(C(F)(F)F)nc2cc(F)c(C)cc21. The molecule has 0 saturated carbocycles. The fourth-order valence-corrected chi connectivity index (χ4v) is 1.87.